The Hall–Kier alpha value is -1.55. The predicted molar refractivity (Wildman–Crippen MR) is 84.8 cm³/mol. The molecule has 2 amide bonds. The lowest BCUT2D eigenvalue weighted by Crippen LogP contribution is -2.45. The Kier molecular flexibility index (Phi) is 3.37. The smallest absolute Gasteiger partial charge is 0.317 e. The number of aliphatic hydroxyl groups excluding tert-OH is 1. The lowest BCUT2D eigenvalue weighted by Gasteiger charge is -2.23. The Bertz CT molecular complexity index is 588. The molecule has 1 heterocycles. The van der Waals surface area contributed by atoms with E-state index in [-0.39, 0.29) is 18.7 Å². The normalized spacial score (nSPS) is 32.3. The molecular formula is C18H24N2O2. The molecule has 1 aromatic rings. The molecule has 1 saturated heterocycles. The summed E-state index contributed by atoms with van der Waals surface area (Å²) >= 11 is 0. The van der Waals surface area contributed by atoms with Crippen LogP contribution in [0.2, 0.25) is 0 Å². The molecule has 3 aliphatic rings. The van der Waals surface area contributed by atoms with E-state index >= 15 is 0 Å². The first-order valence-corrected chi connectivity index (χ1v) is 8.48. The molecule has 4 heteroatoms. The maximum atomic E-state index is 12.3. The summed E-state index contributed by atoms with van der Waals surface area (Å²) in [5.41, 5.74) is 3.35. The van der Waals surface area contributed by atoms with Gasteiger partial charge in [0.2, 0.25) is 0 Å². The van der Waals surface area contributed by atoms with Gasteiger partial charge >= 0.3 is 6.03 Å². The van der Waals surface area contributed by atoms with Crippen LogP contribution < -0.4 is 5.32 Å². The Morgan fingerprint density at radius 2 is 2.27 bits per heavy atom. The first-order chi connectivity index (χ1) is 10.7. The van der Waals surface area contributed by atoms with Crippen LogP contribution in [-0.2, 0) is 11.8 Å². The van der Waals surface area contributed by atoms with E-state index in [2.05, 4.69) is 29.6 Å². The second kappa shape index (κ2) is 5.27. The number of benzene rings is 1. The zero-order chi connectivity index (χ0) is 15.2. The molecule has 118 valence electrons. The summed E-state index contributed by atoms with van der Waals surface area (Å²) in [6.45, 7) is 1.62. The van der Waals surface area contributed by atoms with Crippen molar-refractivity contribution in [1.82, 2.24) is 10.2 Å². The summed E-state index contributed by atoms with van der Waals surface area (Å²) in [6, 6.07) is 8.79. The Morgan fingerprint density at radius 1 is 1.41 bits per heavy atom. The lowest BCUT2D eigenvalue weighted by molar-refractivity contribution is 0.157. The van der Waals surface area contributed by atoms with Gasteiger partial charge in [-0.15, -0.1) is 0 Å². The minimum atomic E-state index is 0.00452. The van der Waals surface area contributed by atoms with Gasteiger partial charge < -0.3 is 15.3 Å². The first-order valence-electron chi connectivity index (χ1n) is 8.48. The predicted octanol–water partition coefficient (Wildman–Crippen LogP) is 2.06. The molecule has 4 rings (SSSR count). The van der Waals surface area contributed by atoms with Gasteiger partial charge in [0.1, 0.15) is 0 Å². The van der Waals surface area contributed by atoms with Crippen LogP contribution in [0.25, 0.3) is 0 Å². The highest BCUT2D eigenvalue weighted by Gasteiger charge is 2.57. The molecule has 2 aliphatic carbocycles. The van der Waals surface area contributed by atoms with Crippen LogP contribution in [0.3, 0.4) is 0 Å². The average Bonchev–Trinajstić information content (AvgIpc) is 2.89. The van der Waals surface area contributed by atoms with E-state index in [9.17, 15) is 9.90 Å². The number of nitrogens with one attached hydrogen (secondary N) is 1. The highest BCUT2D eigenvalue weighted by molar-refractivity contribution is 5.75. The Morgan fingerprint density at radius 3 is 3.14 bits per heavy atom. The number of hydrogen-bond donors (Lipinski definition) is 2. The van der Waals surface area contributed by atoms with Crippen molar-refractivity contribution in [2.24, 2.45) is 5.92 Å². The van der Waals surface area contributed by atoms with E-state index in [0.717, 1.165) is 25.9 Å². The minimum Gasteiger partial charge on any atom is -0.394 e. The largest absolute Gasteiger partial charge is 0.394 e. The molecule has 1 aromatic carbocycles. The van der Waals surface area contributed by atoms with E-state index in [1.165, 1.54) is 30.4 Å². The standard InChI is InChI=1S/C18H24N2O2/c21-12-15-5-3-9-20(15)17(22)19-11-14-10-18(14)8-7-13-4-1-2-6-16(13)18/h1-2,4,6,14-15,21H,3,5,7-12H2,(H,19,22)/t14-,15-,18+/m1/s1. The fraction of sp³-hybridized carbons (Fsp3) is 0.611. The quantitative estimate of drug-likeness (QED) is 0.898. The van der Waals surface area contributed by atoms with Gasteiger partial charge in [-0.1, -0.05) is 24.3 Å². The number of carbonyl (C=O) groups excluding carboxylic acids is 1. The number of fused-ring (bicyclic) bond motifs is 2. The SMILES string of the molecule is O=C(NC[C@H]1C[C@@]12CCc1ccccc12)N1CCC[C@@H]1CO. The second-order valence-corrected chi connectivity index (χ2v) is 7.07. The number of urea groups is 1. The summed E-state index contributed by atoms with van der Waals surface area (Å²) in [6.07, 6.45) is 5.53. The van der Waals surface area contributed by atoms with E-state index < -0.39 is 0 Å². The van der Waals surface area contributed by atoms with Crippen LogP contribution in [0.5, 0.6) is 0 Å². The maximum absolute atomic E-state index is 12.3. The van der Waals surface area contributed by atoms with E-state index in [0.29, 0.717) is 11.3 Å². The summed E-state index contributed by atoms with van der Waals surface area (Å²) < 4.78 is 0. The molecule has 1 aliphatic heterocycles. The molecule has 1 spiro atoms. The van der Waals surface area contributed by atoms with Crippen LogP contribution in [0.1, 0.15) is 36.8 Å². The van der Waals surface area contributed by atoms with Crippen molar-refractivity contribution in [2.75, 3.05) is 19.7 Å². The van der Waals surface area contributed by atoms with Crippen LogP contribution in [-0.4, -0.2) is 41.8 Å². The fourth-order valence-electron chi connectivity index (χ4n) is 4.61. The molecule has 0 bridgehead atoms. The second-order valence-electron chi connectivity index (χ2n) is 7.07. The Balaban J connectivity index is 1.36. The zero-order valence-corrected chi connectivity index (χ0v) is 12.9. The number of aryl methyl sites for hydroxylation is 1. The van der Waals surface area contributed by atoms with Gasteiger partial charge in [0.05, 0.1) is 12.6 Å². The van der Waals surface area contributed by atoms with Crippen molar-refractivity contribution in [3.8, 4) is 0 Å². The molecule has 3 atom stereocenters. The highest BCUT2D eigenvalue weighted by atomic mass is 16.3. The van der Waals surface area contributed by atoms with Gasteiger partial charge in [-0.25, -0.2) is 4.79 Å². The number of nitrogens with zero attached hydrogens (tertiary/aromatic N) is 1. The van der Waals surface area contributed by atoms with Crippen molar-refractivity contribution in [3.05, 3.63) is 35.4 Å². The molecular weight excluding hydrogens is 276 g/mol. The average molecular weight is 300 g/mol. The molecule has 4 nitrogen and oxygen atoms in total. The molecule has 22 heavy (non-hydrogen) atoms. The van der Waals surface area contributed by atoms with Crippen LogP contribution in [0, 0.1) is 5.92 Å². The third-order valence-electron chi connectivity index (χ3n) is 5.97. The summed E-state index contributed by atoms with van der Waals surface area (Å²) in [7, 11) is 0. The van der Waals surface area contributed by atoms with Crippen LogP contribution in [0.4, 0.5) is 4.79 Å². The van der Waals surface area contributed by atoms with Gasteiger partial charge in [-0.2, -0.15) is 0 Å². The third kappa shape index (κ3) is 2.12. The lowest BCUT2D eigenvalue weighted by atomic mass is 9.95. The van der Waals surface area contributed by atoms with E-state index in [4.69, 9.17) is 0 Å². The highest BCUT2D eigenvalue weighted by Crippen LogP contribution is 2.61. The monoisotopic (exact) mass is 300 g/mol. The molecule has 0 unspecified atom stereocenters. The van der Waals surface area contributed by atoms with Crippen LogP contribution in [0.15, 0.2) is 24.3 Å². The number of carbonyl (C=O) groups is 1. The van der Waals surface area contributed by atoms with Crippen molar-refractivity contribution in [2.45, 2.75) is 43.6 Å². The van der Waals surface area contributed by atoms with Crippen molar-refractivity contribution >= 4 is 6.03 Å². The first kappa shape index (κ1) is 14.1. The molecule has 0 aromatic heterocycles. The minimum absolute atomic E-state index is 0.00452. The molecule has 2 fully saturated rings. The van der Waals surface area contributed by atoms with Gasteiger partial charge in [-0.05, 0) is 49.1 Å². The molecule has 0 radical (unpaired) electrons. The maximum Gasteiger partial charge on any atom is 0.317 e. The van der Waals surface area contributed by atoms with Crippen molar-refractivity contribution in [3.63, 3.8) is 0 Å². The molecule has 2 N–H and O–H groups in total. The Labute approximate surface area is 131 Å². The summed E-state index contributed by atoms with van der Waals surface area (Å²) in [5.74, 6) is 0.579. The zero-order valence-electron chi connectivity index (χ0n) is 12.9. The topological polar surface area (TPSA) is 52.6 Å². The number of rotatable bonds is 3. The van der Waals surface area contributed by atoms with E-state index in [1.807, 2.05) is 0 Å². The van der Waals surface area contributed by atoms with Gasteiger partial charge in [0.25, 0.3) is 0 Å². The molecule has 1 saturated carbocycles. The fourth-order valence-corrected chi connectivity index (χ4v) is 4.61. The summed E-state index contributed by atoms with van der Waals surface area (Å²) in [5, 5.41) is 12.4. The van der Waals surface area contributed by atoms with Crippen LogP contribution >= 0.6 is 0 Å². The third-order valence-corrected chi connectivity index (χ3v) is 5.97. The number of aliphatic hydroxyl groups is 1. The number of amides is 2. The van der Waals surface area contributed by atoms with Crippen molar-refractivity contribution < 1.29 is 9.90 Å². The van der Waals surface area contributed by atoms with E-state index in [1.54, 1.807) is 4.90 Å². The number of likely N-dealkylation sites (tertiary alicyclic amines) is 1. The van der Waals surface area contributed by atoms with Gasteiger partial charge in [0, 0.05) is 18.5 Å². The van der Waals surface area contributed by atoms with Gasteiger partial charge in [-0.3, -0.25) is 0 Å². The van der Waals surface area contributed by atoms with Gasteiger partial charge in [0.15, 0.2) is 0 Å². The summed E-state index contributed by atoms with van der Waals surface area (Å²) in [4.78, 5) is 14.1. The van der Waals surface area contributed by atoms with Crippen molar-refractivity contribution in [1.29, 1.82) is 0 Å². The number of hydrogen-bond acceptors (Lipinski definition) is 2.